The van der Waals surface area contributed by atoms with Gasteiger partial charge in [0.2, 0.25) is 0 Å². The van der Waals surface area contributed by atoms with Crippen molar-refractivity contribution >= 4 is 35.6 Å². The molecule has 0 radical (unpaired) electrons. The molecule has 0 amide bonds. The number of hydrogen-bond acceptors (Lipinski definition) is 1. The Kier molecular flexibility index (Phi) is 5.08. The first-order valence-electron chi connectivity index (χ1n) is 8.16. The number of fused-ring (bicyclic) bond motifs is 1. The number of nitrogens with one attached hydrogen (secondary N) is 1. The van der Waals surface area contributed by atoms with E-state index in [2.05, 4.69) is 28.5 Å². The fourth-order valence-corrected chi connectivity index (χ4v) is 3.43. The molecule has 2 atom stereocenters. The fourth-order valence-electron chi connectivity index (χ4n) is 3.43. The fraction of sp³-hybridized carbons (Fsp3) is 0.316. The summed E-state index contributed by atoms with van der Waals surface area (Å²) in [5.74, 6) is 0.527. The van der Waals surface area contributed by atoms with Crippen LogP contribution < -0.4 is 11.1 Å². The molecular weight excluding hydrogens is 416 g/mol. The summed E-state index contributed by atoms with van der Waals surface area (Å²) in [7, 11) is 0. The molecule has 5 heteroatoms. The van der Waals surface area contributed by atoms with Crippen LogP contribution in [0.5, 0.6) is 0 Å². The van der Waals surface area contributed by atoms with E-state index in [1.165, 1.54) is 30.0 Å². The number of nitrogens with two attached hydrogens (primary N) is 1. The van der Waals surface area contributed by atoms with Crippen molar-refractivity contribution in [1.82, 2.24) is 0 Å². The normalized spacial score (nSPS) is 21.8. The highest BCUT2D eigenvalue weighted by Gasteiger charge is 2.38. The number of aliphatic imine (C=N–C) groups is 1. The van der Waals surface area contributed by atoms with Crippen molar-refractivity contribution in [3.63, 3.8) is 0 Å². The van der Waals surface area contributed by atoms with Crippen LogP contribution in [0.15, 0.2) is 47.5 Å². The minimum atomic E-state index is -0.193. The molecule has 2 aliphatic rings. The van der Waals surface area contributed by atoms with E-state index >= 15 is 0 Å². The molecule has 126 valence electrons. The van der Waals surface area contributed by atoms with Gasteiger partial charge in [-0.15, -0.1) is 24.0 Å². The van der Waals surface area contributed by atoms with E-state index in [9.17, 15) is 4.39 Å². The molecule has 3 nitrogen and oxygen atoms in total. The van der Waals surface area contributed by atoms with E-state index in [0.29, 0.717) is 5.96 Å². The zero-order chi connectivity index (χ0) is 15.8. The van der Waals surface area contributed by atoms with Gasteiger partial charge in [0.25, 0.3) is 0 Å². The Hall–Kier alpha value is -1.63. The van der Waals surface area contributed by atoms with E-state index in [-0.39, 0.29) is 41.8 Å². The summed E-state index contributed by atoms with van der Waals surface area (Å²) >= 11 is 0. The molecule has 0 spiro atoms. The quantitative estimate of drug-likeness (QED) is 0.430. The van der Waals surface area contributed by atoms with Crippen LogP contribution >= 0.6 is 24.0 Å². The average molecular weight is 437 g/mol. The highest BCUT2D eigenvalue weighted by Crippen LogP contribution is 2.43. The number of rotatable bonds is 3. The van der Waals surface area contributed by atoms with Gasteiger partial charge in [-0.2, -0.15) is 0 Å². The highest BCUT2D eigenvalue weighted by atomic mass is 127. The van der Waals surface area contributed by atoms with Crippen LogP contribution in [0.25, 0.3) is 0 Å². The van der Waals surface area contributed by atoms with E-state index in [4.69, 9.17) is 5.73 Å². The van der Waals surface area contributed by atoms with Crippen molar-refractivity contribution in [2.45, 2.75) is 37.6 Å². The average Bonchev–Trinajstić information content (AvgIpc) is 3.13. The maximum atomic E-state index is 13.3. The van der Waals surface area contributed by atoms with Crippen LogP contribution in [0, 0.1) is 5.82 Å². The number of hydrogen-bond donors (Lipinski definition) is 2. The Morgan fingerprint density at radius 3 is 2.79 bits per heavy atom. The summed E-state index contributed by atoms with van der Waals surface area (Å²) in [4.78, 5) is 4.53. The first kappa shape index (κ1) is 17.2. The van der Waals surface area contributed by atoms with Gasteiger partial charge in [-0.05, 0) is 66.6 Å². The van der Waals surface area contributed by atoms with Crippen LogP contribution in [-0.4, -0.2) is 12.0 Å². The van der Waals surface area contributed by atoms with Gasteiger partial charge in [-0.3, -0.25) is 0 Å². The summed E-state index contributed by atoms with van der Waals surface area (Å²) < 4.78 is 13.3. The number of guanidine groups is 1. The van der Waals surface area contributed by atoms with Crippen molar-refractivity contribution < 1.29 is 4.39 Å². The Morgan fingerprint density at radius 2 is 1.96 bits per heavy atom. The van der Waals surface area contributed by atoms with E-state index < -0.39 is 0 Å². The molecule has 24 heavy (non-hydrogen) atoms. The lowest BCUT2D eigenvalue weighted by atomic mass is 10.1. The molecule has 2 aliphatic carbocycles. The van der Waals surface area contributed by atoms with E-state index in [1.54, 1.807) is 12.1 Å². The van der Waals surface area contributed by atoms with Gasteiger partial charge in [-0.1, -0.05) is 18.2 Å². The third-order valence-corrected chi connectivity index (χ3v) is 4.71. The monoisotopic (exact) mass is 437 g/mol. The van der Waals surface area contributed by atoms with Gasteiger partial charge in [-0.25, -0.2) is 9.38 Å². The maximum Gasteiger partial charge on any atom is 0.193 e. The van der Waals surface area contributed by atoms with E-state index in [1.807, 2.05) is 6.07 Å². The van der Waals surface area contributed by atoms with Crippen LogP contribution in [0.1, 0.15) is 35.4 Å². The van der Waals surface area contributed by atoms with Crippen LogP contribution in [-0.2, 0) is 12.8 Å². The van der Waals surface area contributed by atoms with Crippen molar-refractivity contribution in [3.05, 3.63) is 65.0 Å². The minimum absolute atomic E-state index is 0. The van der Waals surface area contributed by atoms with Crippen molar-refractivity contribution in [1.29, 1.82) is 0 Å². The molecule has 0 aliphatic heterocycles. The van der Waals surface area contributed by atoms with Gasteiger partial charge in [0.05, 0.1) is 6.04 Å². The maximum absolute atomic E-state index is 13.3. The van der Waals surface area contributed by atoms with Crippen LogP contribution in [0.4, 0.5) is 10.1 Å². The molecule has 0 heterocycles. The molecule has 0 bridgehead atoms. The summed E-state index contributed by atoms with van der Waals surface area (Å²) in [5, 5.41) is 3.18. The summed E-state index contributed by atoms with van der Waals surface area (Å²) in [6.45, 7) is 0. The summed E-state index contributed by atoms with van der Waals surface area (Å²) in [6.07, 6.45) is 4.48. The second kappa shape index (κ2) is 7.09. The lowest BCUT2D eigenvalue weighted by molar-refractivity contribution is 0.625. The Bertz CT molecular complexity index is 775. The molecular formula is C19H21FIN3. The van der Waals surface area contributed by atoms with Crippen molar-refractivity contribution in [2.24, 2.45) is 10.7 Å². The van der Waals surface area contributed by atoms with Gasteiger partial charge in [0.1, 0.15) is 5.82 Å². The molecule has 2 aromatic carbocycles. The predicted molar refractivity (Wildman–Crippen MR) is 107 cm³/mol. The molecule has 3 N–H and O–H groups in total. The topological polar surface area (TPSA) is 50.4 Å². The molecule has 0 unspecified atom stereocenters. The van der Waals surface area contributed by atoms with Crippen LogP contribution in [0.3, 0.4) is 0 Å². The van der Waals surface area contributed by atoms with Crippen LogP contribution in [0.2, 0.25) is 0 Å². The first-order valence-corrected chi connectivity index (χ1v) is 8.16. The highest BCUT2D eigenvalue weighted by molar-refractivity contribution is 14.0. The van der Waals surface area contributed by atoms with Gasteiger partial charge < -0.3 is 11.1 Å². The third-order valence-electron chi connectivity index (χ3n) is 4.71. The Labute approximate surface area is 158 Å². The number of anilines is 1. The Morgan fingerprint density at radius 1 is 1.12 bits per heavy atom. The van der Waals surface area contributed by atoms with E-state index in [0.717, 1.165) is 24.1 Å². The molecule has 2 aromatic rings. The SMILES string of the molecule is I.NC(=N[C@@H]1C[C@H]1c1cccc(F)c1)Nc1ccc2c(c1)CCC2. The number of benzene rings is 2. The Balaban J connectivity index is 0.00000169. The number of aryl methyl sites for hydroxylation is 2. The number of halogens is 2. The molecule has 4 rings (SSSR count). The standard InChI is InChI=1S/C19H20FN3.HI/c20-15-6-2-5-14(9-15)17-11-18(17)23-19(21)22-16-8-7-12-3-1-4-13(12)10-16;/h2,5-10,17-18H,1,3-4,11H2,(H3,21,22,23);1H/t17-,18+;/m0./s1. The first-order chi connectivity index (χ1) is 11.2. The summed E-state index contributed by atoms with van der Waals surface area (Å²) in [6, 6.07) is 13.3. The van der Waals surface area contributed by atoms with Gasteiger partial charge >= 0.3 is 0 Å². The zero-order valence-corrected chi connectivity index (χ0v) is 15.7. The molecule has 1 fully saturated rings. The molecule has 0 aromatic heterocycles. The van der Waals surface area contributed by atoms with Crippen molar-refractivity contribution in [3.8, 4) is 0 Å². The zero-order valence-electron chi connectivity index (χ0n) is 13.3. The summed E-state index contributed by atoms with van der Waals surface area (Å²) in [5.41, 5.74) is 10.9. The van der Waals surface area contributed by atoms with Gasteiger partial charge in [0.15, 0.2) is 5.96 Å². The minimum Gasteiger partial charge on any atom is -0.370 e. The van der Waals surface area contributed by atoms with Crippen molar-refractivity contribution in [2.75, 3.05) is 5.32 Å². The van der Waals surface area contributed by atoms with Gasteiger partial charge in [0, 0.05) is 11.6 Å². The second-order valence-corrected chi connectivity index (χ2v) is 6.44. The predicted octanol–water partition coefficient (Wildman–Crippen LogP) is 4.22. The molecule has 0 saturated heterocycles. The third kappa shape index (κ3) is 3.71. The lowest BCUT2D eigenvalue weighted by Gasteiger charge is -2.08. The smallest absolute Gasteiger partial charge is 0.193 e. The molecule has 1 saturated carbocycles. The number of nitrogens with zero attached hydrogens (tertiary/aromatic N) is 1. The largest absolute Gasteiger partial charge is 0.370 e. The lowest BCUT2D eigenvalue weighted by Crippen LogP contribution is -2.23. The second-order valence-electron chi connectivity index (χ2n) is 6.44.